The molecule has 0 bridgehead atoms. The highest BCUT2D eigenvalue weighted by atomic mass is 19.4. The monoisotopic (exact) mass is 450 g/mol. The summed E-state index contributed by atoms with van der Waals surface area (Å²) in [5.74, 6) is 4.84. The van der Waals surface area contributed by atoms with E-state index in [0.717, 1.165) is 0 Å². The Morgan fingerprint density at radius 1 is 1.00 bits per heavy atom. The Hall–Kier alpha value is -3.35. The zero-order valence-electron chi connectivity index (χ0n) is 17.8. The zero-order chi connectivity index (χ0) is 23.5. The van der Waals surface area contributed by atoms with E-state index in [4.69, 9.17) is 4.74 Å². The first kappa shape index (κ1) is 23.3. The molecule has 2 heterocycles. The molecule has 1 aromatic carbocycles. The number of hydrogen-bond acceptors (Lipinski definition) is 5. The van der Waals surface area contributed by atoms with Crippen molar-refractivity contribution < 1.29 is 27.1 Å². The van der Waals surface area contributed by atoms with Crippen molar-refractivity contribution in [3.05, 3.63) is 53.0 Å². The second kappa shape index (κ2) is 9.02. The second-order valence-corrected chi connectivity index (χ2v) is 8.17. The molecule has 1 amide bonds. The van der Waals surface area contributed by atoms with Crippen LogP contribution in [0.4, 0.5) is 28.2 Å². The SMILES string of the molecule is CC(C)(C)OC(=O)N1CCN(c2cc(C#Cc3ccc(F)cc3)c(C(F)(F)F)nn2)CC1. The summed E-state index contributed by atoms with van der Waals surface area (Å²) in [5, 5.41) is 7.10. The van der Waals surface area contributed by atoms with E-state index in [9.17, 15) is 22.4 Å². The molecule has 0 N–H and O–H groups in total. The summed E-state index contributed by atoms with van der Waals surface area (Å²) in [5.41, 5.74) is -1.78. The van der Waals surface area contributed by atoms with Gasteiger partial charge in [0.1, 0.15) is 11.4 Å². The van der Waals surface area contributed by atoms with E-state index >= 15 is 0 Å². The average molecular weight is 450 g/mol. The highest BCUT2D eigenvalue weighted by Gasteiger charge is 2.36. The summed E-state index contributed by atoms with van der Waals surface area (Å²) >= 11 is 0. The normalized spacial score (nSPS) is 14.6. The van der Waals surface area contributed by atoms with Gasteiger partial charge in [-0.3, -0.25) is 0 Å². The van der Waals surface area contributed by atoms with Crippen molar-refractivity contribution in [2.75, 3.05) is 31.1 Å². The Bertz CT molecular complexity index is 1030. The van der Waals surface area contributed by atoms with E-state index < -0.39 is 29.4 Å². The van der Waals surface area contributed by atoms with Crippen molar-refractivity contribution >= 4 is 11.9 Å². The van der Waals surface area contributed by atoms with Crippen LogP contribution < -0.4 is 4.90 Å². The lowest BCUT2D eigenvalue weighted by Gasteiger charge is -2.36. The molecule has 1 aromatic heterocycles. The van der Waals surface area contributed by atoms with Gasteiger partial charge in [-0.15, -0.1) is 10.2 Å². The molecule has 0 unspecified atom stereocenters. The standard InChI is InChI=1S/C22H22F4N4O2/c1-21(2,3)32-20(31)30-12-10-29(11-13-30)18-14-16(19(28-27-18)22(24,25)26)7-4-15-5-8-17(23)9-6-15/h5-6,8-9,14H,10-13H2,1-3H3. The van der Waals surface area contributed by atoms with E-state index in [1.165, 1.54) is 35.2 Å². The molecule has 1 fully saturated rings. The fraction of sp³-hybridized carbons (Fsp3) is 0.409. The van der Waals surface area contributed by atoms with Crippen LogP contribution in [0.3, 0.4) is 0 Å². The van der Waals surface area contributed by atoms with Crippen molar-refractivity contribution in [1.82, 2.24) is 15.1 Å². The number of anilines is 1. The number of hydrogen-bond donors (Lipinski definition) is 0. The minimum atomic E-state index is -4.73. The highest BCUT2D eigenvalue weighted by Crippen LogP contribution is 2.31. The zero-order valence-corrected chi connectivity index (χ0v) is 17.8. The molecule has 2 aromatic rings. The number of piperazine rings is 1. The Kier molecular flexibility index (Phi) is 6.57. The average Bonchev–Trinajstić information content (AvgIpc) is 2.71. The summed E-state index contributed by atoms with van der Waals surface area (Å²) < 4.78 is 58.5. The van der Waals surface area contributed by atoms with Gasteiger partial charge < -0.3 is 14.5 Å². The molecule has 6 nitrogen and oxygen atoms in total. The van der Waals surface area contributed by atoms with Crippen LogP contribution in [-0.4, -0.2) is 53.0 Å². The number of carbonyl (C=O) groups excluding carboxylic acids is 1. The fourth-order valence-corrected chi connectivity index (χ4v) is 2.96. The van der Waals surface area contributed by atoms with Crippen LogP contribution in [0.5, 0.6) is 0 Å². The van der Waals surface area contributed by atoms with Gasteiger partial charge in [-0.2, -0.15) is 13.2 Å². The molecule has 0 saturated carbocycles. The van der Waals surface area contributed by atoms with Crippen LogP contribution in [0.25, 0.3) is 0 Å². The van der Waals surface area contributed by atoms with Crippen LogP contribution in [0, 0.1) is 17.7 Å². The predicted octanol–water partition coefficient (Wildman–Crippen LogP) is 4.09. The fourth-order valence-electron chi connectivity index (χ4n) is 2.96. The van der Waals surface area contributed by atoms with Gasteiger partial charge in [0.2, 0.25) is 0 Å². The topological polar surface area (TPSA) is 58.6 Å². The molecular formula is C22H22F4N4O2. The van der Waals surface area contributed by atoms with Crippen LogP contribution in [0.2, 0.25) is 0 Å². The third-order valence-corrected chi connectivity index (χ3v) is 4.49. The Balaban J connectivity index is 1.80. The maximum Gasteiger partial charge on any atom is 0.436 e. The Labute approximate surface area is 183 Å². The first-order valence-electron chi connectivity index (χ1n) is 9.88. The number of rotatable bonds is 1. The summed E-state index contributed by atoms with van der Waals surface area (Å²) in [4.78, 5) is 15.5. The molecule has 3 rings (SSSR count). The first-order valence-corrected chi connectivity index (χ1v) is 9.88. The lowest BCUT2D eigenvalue weighted by atomic mass is 10.1. The van der Waals surface area contributed by atoms with Crippen LogP contribution in [-0.2, 0) is 10.9 Å². The van der Waals surface area contributed by atoms with E-state index in [1.54, 1.807) is 25.7 Å². The molecule has 0 radical (unpaired) electrons. The second-order valence-electron chi connectivity index (χ2n) is 8.17. The molecule has 32 heavy (non-hydrogen) atoms. The maximum absolute atomic E-state index is 13.4. The molecule has 1 aliphatic heterocycles. The molecule has 1 saturated heterocycles. The number of ether oxygens (including phenoxy) is 1. The van der Waals surface area contributed by atoms with E-state index in [1.807, 2.05) is 0 Å². The van der Waals surface area contributed by atoms with Crippen molar-refractivity contribution in [3.63, 3.8) is 0 Å². The summed E-state index contributed by atoms with van der Waals surface area (Å²) in [6, 6.07) is 6.33. The number of halogens is 4. The number of carbonyl (C=O) groups is 1. The number of benzene rings is 1. The number of nitrogens with zero attached hydrogens (tertiary/aromatic N) is 4. The molecule has 1 aliphatic rings. The van der Waals surface area contributed by atoms with Gasteiger partial charge in [0.15, 0.2) is 11.5 Å². The van der Waals surface area contributed by atoms with Gasteiger partial charge in [-0.25, -0.2) is 9.18 Å². The van der Waals surface area contributed by atoms with E-state index in [-0.39, 0.29) is 11.4 Å². The first-order chi connectivity index (χ1) is 14.9. The van der Waals surface area contributed by atoms with E-state index in [2.05, 4.69) is 22.0 Å². The van der Waals surface area contributed by atoms with Gasteiger partial charge in [0, 0.05) is 37.8 Å². The summed E-state index contributed by atoms with van der Waals surface area (Å²) in [7, 11) is 0. The van der Waals surface area contributed by atoms with Gasteiger partial charge in [-0.05, 0) is 45.0 Å². The van der Waals surface area contributed by atoms with Crippen LogP contribution >= 0.6 is 0 Å². The maximum atomic E-state index is 13.4. The molecular weight excluding hydrogens is 428 g/mol. The van der Waals surface area contributed by atoms with Crippen molar-refractivity contribution in [2.24, 2.45) is 0 Å². The number of amides is 1. The largest absolute Gasteiger partial charge is 0.444 e. The summed E-state index contributed by atoms with van der Waals surface area (Å²) in [6.45, 7) is 6.67. The molecule has 0 spiro atoms. The lowest BCUT2D eigenvalue weighted by Crippen LogP contribution is -2.50. The minimum Gasteiger partial charge on any atom is -0.444 e. The summed E-state index contributed by atoms with van der Waals surface area (Å²) in [6.07, 6.45) is -5.17. The van der Waals surface area contributed by atoms with Crippen molar-refractivity contribution in [2.45, 2.75) is 32.5 Å². The van der Waals surface area contributed by atoms with E-state index in [0.29, 0.717) is 31.7 Å². The number of alkyl halides is 3. The van der Waals surface area contributed by atoms with Crippen molar-refractivity contribution in [3.8, 4) is 11.8 Å². The van der Waals surface area contributed by atoms with Crippen molar-refractivity contribution in [1.29, 1.82) is 0 Å². The molecule has 10 heteroatoms. The van der Waals surface area contributed by atoms with Gasteiger partial charge in [0.25, 0.3) is 0 Å². The van der Waals surface area contributed by atoms with Gasteiger partial charge >= 0.3 is 12.3 Å². The molecule has 0 aliphatic carbocycles. The number of aromatic nitrogens is 2. The van der Waals surface area contributed by atoms with Crippen LogP contribution in [0.1, 0.15) is 37.6 Å². The lowest BCUT2D eigenvalue weighted by molar-refractivity contribution is -0.141. The quantitative estimate of drug-likeness (QED) is 0.484. The third-order valence-electron chi connectivity index (χ3n) is 4.49. The van der Waals surface area contributed by atoms with Gasteiger partial charge in [-0.1, -0.05) is 11.8 Å². The third kappa shape index (κ3) is 6.09. The predicted molar refractivity (Wildman–Crippen MR) is 109 cm³/mol. The molecule has 0 atom stereocenters. The van der Waals surface area contributed by atoms with Gasteiger partial charge in [0.05, 0.1) is 5.56 Å². The Morgan fingerprint density at radius 2 is 1.62 bits per heavy atom. The molecule has 170 valence electrons. The minimum absolute atomic E-state index is 0.227. The Morgan fingerprint density at radius 3 is 2.19 bits per heavy atom. The van der Waals surface area contributed by atoms with Crippen LogP contribution in [0.15, 0.2) is 30.3 Å². The smallest absolute Gasteiger partial charge is 0.436 e. The highest BCUT2D eigenvalue weighted by molar-refractivity contribution is 5.68.